The van der Waals surface area contributed by atoms with E-state index in [1.54, 1.807) is 0 Å². The predicted octanol–water partition coefficient (Wildman–Crippen LogP) is 2.69. The van der Waals surface area contributed by atoms with Crippen LogP contribution in [0.1, 0.15) is 11.5 Å². The van der Waals surface area contributed by atoms with Crippen molar-refractivity contribution in [1.29, 1.82) is 0 Å². The van der Waals surface area contributed by atoms with Gasteiger partial charge in [0, 0.05) is 5.69 Å². The Morgan fingerprint density at radius 3 is 2.33 bits per heavy atom. The fraction of sp³-hybridized carbons (Fsp3) is 0.250. The molecule has 0 amide bonds. The summed E-state index contributed by atoms with van der Waals surface area (Å²) in [6.07, 6.45) is 0. The molecular formula is C12H12F2N2O4S. The molecule has 21 heavy (non-hydrogen) atoms. The number of hydrogen-bond acceptors (Lipinski definition) is 5. The molecule has 0 spiro atoms. The fourth-order valence-corrected chi connectivity index (χ4v) is 3.16. The lowest BCUT2D eigenvalue weighted by molar-refractivity contribution is -0.0498. The van der Waals surface area contributed by atoms with Gasteiger partial charge in [-0.1, -0.05) is 5.16 Å². The van der Waals surface area contributed by atoms with Gasteiger partial charge in [0.15, 0.2) is 10.7 Å². The van der Waals surface area contributed by atoms with E-state index >= 15 is 0 Å². The van der Waals surface area contributed by atoms with Crippen LogP contribution >= 0.6 is 0 Å². The van der Waals surface area contributed by atoms with Crippen molar-refractivity contribution in [3.63, 3.8) is 0 Å². The molecule has 2 aromatic rings. The number of rotatable bonds is 5. The number of nitrogens with one attached hydrogen (secondary N) is 1. The van der Waals surface area contributed by atoms with E-state index in [4.69, 9.17) is 4.52 Å². The molecule has 1 aromatic carbocycles. The van der Waals surface area contributed by atoms with Crippen molar-refractivity contribution in [2.75, 3.05) is 4.72 Å². The Kier molecular flexibility index (Phi) is 4.12. The highest BCUT2D eigenvalue weighted by molar-refractivity contribution is 7.92. The summed E-state index contributed by atoms with van der Waals surface area (Å²) in [5.74, 6) is 0.0999. The molecule has 1 N–H and O–H groups in total. The molecule has 0 fully saturated rings. The van der Waals surface area contributed by atoms with Gasteiger partial charge in [-0.25, -0.2) is 8.42 Å². The van der Waals surface area contributed by atoms with Gasteiger partial charge >= 0.3 is 6.61 Å². The van der Waals surface area contributed by atoms with E-state index in [1.807, 2.05) is 0 Å². The standard InChI is InChI=1S/C12H12F2N2O4S/c1-7-11(8(2)20-15-7)21(17,18)16-9-3-5-10(6-4-9)19-12(13)14/h3-6,12,16H,1-2H3. The van der Waals surface area contributed by atoms with E-state index in [0.29, 0.717) is 0 Å². The van der Waals surface area contributed by atoms with Crippen LogP contribution in [0.25, 0.3) is 0 Å². The summed E-state index contributed by atoms with van der Waals surface area (Å²) in [5.41, 5.74) is 0.439. The van der Waals surface area contributed by atoms with Gasteiger partial charge in [0.25, 0.3) is 10.0 Å². The first-order valence-corrected chi connectivity index (χ1v) is 7.28. The maximum absolute atomic E-state index is 12.2. The van der Waals surface area contributed by atoms with Crippen molar-refractivity contribution in [3.05, 3.63) is 35.7 Å². The SMILES string of the molecule is Cc1noc(C)c1S(=O)(=O)Nc1ccc(OC(F)F)cc1. The maximum atomic E-state index is 12.2. The summed E-state index contributed by atoms with van der Waals surface area (Å²) in [4.78, 5) is -0.0459. The van der Waals surface area contributed by atoms with Crippen molar-refractivity contribution in [2.24, 2.45) is 0 Å². The number of sulfonamides is 1. The lowest BCUT2D eigenvalue weighted by atomic mass is 10.3. The van der Waals surface area contributed by atoms with Crippen LogP contribution in [0.3, 0.4) is 0 Å². The molecule has 0 atom stereocenters. The van der Waals surface area contributed by atoms with E-state index in [2.05, 4.69) is 14.6 Å². The van der Waals surface area contributed by atoms with Gasteiger partial charge in [0.1, 0.15) is 11.4 Å². The number of nitrogens with zero attached hydrogens (tertiary/aromatic N) is 1. The zero-order valence-electron chi connectivity index (χ0n) is 11.1. The molecule has 0 aliphatic carbocycles. The summed E-state index contributed by atoms with van der Waals surface area (Å²) in [7, 11) is -3.86. The number of halogens is 2. The molecule has 1 heterocycles. The Hall–Kier alpha value is -2.16. The molecule has 0 saturated heterocycles. The second-order valence-corrected chi connectivity index (χ2v) is 5.78. The van der Waals surface area contributed by atoms with Gasteiger partial charge in [-0.2, -0.15) is 8.78 Å². The first-order chi connectivity index (χ1) is 9.79. The molecule has 0 aliphatic rings. The van der Waals surface area contributed by atoms with E-state index in [0.717, 1.165) is 0 Å². The molecule has 0 radical (unpaired) electrons. The monoisotopic (exact) mass is 318 g/mol. The van der Waals surface area contributed by atoms with E-state index < -0.39 is 16.6 Å². The topological polar surface area (TPSA) is 81.4 Å². The average Bonchev–Trinajstić information content (AvgIpc) is 2.71. The molecule has 0 aliphatic heterocycles. The van der Waals surface area contributed by atoms with E-state index in [1.165, 1.54) is 38.1 Å². The fourth-order valence-electron chi connectivity index (χ4n) is 1.77. The Bertz CT molecular complexity index is 707. The van der Waals surface area contributed by atoms with Gasteiger partial charge in [0.05, 0.1) is 0 Å². The van der Waals surface area contributed by atoms with Crippen LogP contribution in [0.2, 0.25) is 0 Å². The normalized spacial score (nSPS) is 11.7. The quantitative estimate of drug-likeness (QED) is 0.916. The molecular weight excluding hydrogens is 306 g/mol. The van der Waals surface area contributed by atoms with Crippen LogP contribution in [-0.4, -0.2) is 20.2 Å². The Morgan fingerprint density at radius 1 is 1.24 bits per heavy atom. The van der Waals surface area contributed by atoms with Crippen LogP contribution < -0.4 is 9.46 Å². The van der Waals surface area contributed by atoms with Crippen LogP contribution in [-0.2, 0) is 10.0 Å². The highest BCUT2D eigenvalue weighted by Crippen LogP contribution is 2.24. The minimum atomic E-state index is -3.86. The van der Waals surface area contributed by atoms with Gasteiger partial charge in [0.2, 0.25) is 0 Å². The van der Waals surface area contributed by atoms with Crippen molar-refractivity contribution in [3.8, 4) is 5.75 Å². The predicted molar refractivity (Wildman–Crippen MR) is 69.9 cm³/mol. The Morgan fingerprint density at radius 2 is 1.86 bits per heavy atom. The van der Waals surface area contributed by atoms with Crippen LogP contribution in [0.4, 0.5) is 14.5 Å². The number of anilines is 1. The third-order valence-corrected chi connectivity index (χ3v) is 4.19. The average molecular weight is 318 g/mol. The molecule has 1 aromatic heterocycles. The number of aromatic nitrogens is 1. The van der Waals surface area contributed by atoms with Crippen LogP contribution in [0.5, 0.6) is 5.75 Å². The molecule has 0 unspecified atom stereocenters. The number of alkyl halides is 2. The zero-order chi connectivity index (χ0) is 15.6. The molecule has 0 bridgehead atoms. The highest BCUT2D eigenvalue weighted by atomic mass is 32.2. The largest absolute Gasteiger partial charge is 0.435 e. The lowest BCUT2D eigenvalue weighted by Gasteiger charge is -2.09. The highest BCUT2D eigenvalue weighted by Gasteiger charge is 2.24. The number of benzene rings is 1. The van der Waals surface area contributed by atoms with Crippen molar-refractivity contribution in [1.82, 2.24) is 5.16 Å². The molecule has 2 rings (SSSR count). The third-order valence-electron chi connectivity index (χ3n) is 2.57. The van der Waals surface area contributed by atoms with Gasteiger partial charge in [-0.3, -0.25) is 4.72 Å². The Balaban J connectivity index is 2.21. The minimum Gasteiger partial charge on any atom is -0.435 e. The smallest absolute Gasteiger partial charge is 0.387 e. The summed E-state index contributed by atoms with van der Waals surface area (Å²) in [6, 6.07) is 5.09. The maximum Gasteiger partial charge on any atom is 0.387 e. The molecule has 6 nitrogen and oxygen atoms in total. The second-order valence-electron chi connectivity index (χ2n) is 4.16. The van der Waals surface area contributed by atoms with E-state index in [-0.39, 0.29) is 27.8 Å². The number of hydrogen-bond donors (Lipinski definition) is 1. The zero-order valence-corrected chi connectivity index (χ0v) is 11.9. The second kappa shape index (κ2) is 5.68. The summed E-state index contributed by atoms with van der Waals surface area (Å²) < 4.78 is 59.7. The van der Waals surface area contributed by atoms with Crippen molar-refractivity contribution >= 4 is 15.7 Å². The van der Waals surface area contributed by atoms with Gasteiger partial charge in [-0.15, -0.1) is 0 Å². The minimum absolute atomic E-state index is 0.0459. The molecule has 9 heteroatoms. The number of aryl methyl sites for hydroxylation is 2. The Labute approximate surface area is 119 Å². The van der Waals surface area contributed by atoms with Crippen molar-refractivity contribution < 1.29 is 26.5 Å². The van der Waals surface area contributed by atoms with Crippen molar-refractivity contribution in [2.45, 2.75) is 25.4 Å². The first kappa shape index (κ1) is 15.2. The van der Waals surface area contributed by atoms with Gasteiger partial charge < -0.3 is 9.26 Å². The third kappa shape index (κ3) is 3.48. The van der Waals surface area contributed by atoms with Gasteiger partial charge in [-0.05, 0) is 38.1 Å². The summed E-state index contributed by atoms with van der Waals surface area (Å²) in [6.45, 7) is 0.0496. The van der Waals surface area contributed by atoms with E-state index in [9.17, 15) is 17.2 Å². The summed E-state index contributed by atoms with van der Waals surface area (Å²) >= 11 is 0. The lowest BCUT2D eigenvalue weighted by Crippen LogP contribution is -2.14. The molecule has 0 saturated carbocycles. The summed E-state index contributed by atoms with van der Waals surface area (Å²) in [5, 5.41) is 3.57. The van der Waals surface area contributed by atoms with Crippen LogP contribution in [0.15, 0.2) is 33.7 Å². The first-order valence-electron chi connectivity index (χ1n) is 5.80. The van der Waals surface area contributed by atoms with Crippen LogP contribution in [0, 0.1) is 13.8 Å². The molecule has 114 valence electrons. The number of ether oxygens (including phenoxy) is 1.